The maximum atomic E-state index is 12.8. The molecule has 2 heterocycles. The van der Waals surface area contributed by atoms with Gasteiger partial charge in [-0.15, -0.1) is 0 Å². The van der Waals surface area contributed by atoms with Crippen LogP contribution in [0.5, 0.6) is 0 Å². The van der Waals surface area contributed by atoms with Gasteiger partial charge in [0.2, 0.25) is 5.91 Å². The van der Waals surface area contributed by atoms with Gasteiger partial charge in [0.15, 0.2) is 5.92 Å². The quantitative estimate of drug-likeness (QED) is 0.866. The zero-order valence-corrected chi connectivity index (χ0v) is 14.1. The van der Waals surface area contributed by atoms with E-state index in [0.29, 0.717) is 12.1 Å². The summed E-state index contributed by atoms with van der Waals surface area (Å²) in [6.45, 7) is 2.61. The Hall–Kier alpha value is -2.76. The monoisotopic (exact) mass is 339 g/mol. The van der Waals surface area contributed by atoms with Crippen LogP contribution in [0.4, 0.5) is 0 Å². The fourth-order valence-corrected chi connectivity index (χ4v) is 3.29. The Balaban J connectivity index is 1.85. The van der Waals surface area contributed by atoms with Crippen molar-refractivity contribution in [2.75, 3.05) is 6.54 Å². The smallest absolute Gasteiger partial charge is 0.320 e. The fraction of sp³-hybridized carbons (Fsp3) is 0.368. The lowest BCUT2D eigenvalue weighted by molar-refractivity contribution is -0.148. The zero-order chi connectivity index (χ0) is 17.8. The number of amides is 1. The summed E-state index contributed by atoms with van der Waals surface area (Å²) in [5.41, 5.74) is 2.10. The molecule has 1 aromatic carbocycles. The van der Waals surface area contributed by atoms with Gasteiger partial charge in [-0.25, -0.2) is 9.97 Å². The molecule has 2 aromatic rings. The van der Waals surface area contributed by atoms with Crippen molar-refractivity contribution < 1.29 is 14.7 Å². The lowest BCUT2D eigenvalue weighted by Crippen LogP contribution is -2.46. The summed E-state index contributed by atoms with van der Waals surface area (Å²) in [7, 11) is 0. The summed E-state index contributed by atoms with van der Waals surface area (Å²) >= 11 is 0. The number of rotatable bonds is 4. The number of aliphatic carboxylic acids is 1. The first kappa shape index (κ1) is 17.1. The third-order valence-corrected chi connectivity index (χ3v) is 4.70. The van der Waals surface area contributed by atoms with E-state index in [1.165, 1.54) is 6.33 Å². The van der Waals surface area contributed by atoms with Crippen molar-refractivity contribution in [2.45, 2.75) is 38.1 Å². The predicted octanol–water partition coefficient (Wildman–Crippen LogP) is 2.71. The van der Waals surface area contributed by atoms with Crippen LogP contribution in [0.3, 0.4) is 0 Å². The average molecular weight is 339 g/mol. The van der Waals surface area contributed by atoms with E-state index in [2.05, 4.69) is 9.97 Å². The molecule has 1 amide bonds. The summed E-state index contributed by atoms with van der Waals surface area (Å²) in [5.74, 6) is -2.60. The van der Waals surface area contributed by atoms with Crippen LogP contribution in [0.15, 0.2) is 42.9 Å². The minimum atomic E-state index is -1.17. The molecule has 0 saturated carbocycles. The van der Waals surface area contributed by atoms with Gasteiger partial charge in [0.25, 0.3) is 0 Å². The number of carbonyl (C=O) groups is 2. The Morgan fingerprint density at radius 3 is 2.56 bits per heavy atom. The highest BCUT2D eigenvalue weighted by molar-refractivity contribution is 6.02. The number of benzene rings is 1. The van der Waals surface area contributed by atoms with Crippen LogP contribution in [0, 0.1) is 0 Å². The first-order chi connectivity index (χ1) is 12.1. The molecule has 6 nitrogen and oxygen atoms in total. The summed E-state index contributed by atoms with van der Waals surface area (Å²) in [4.78, 5) is 34.4. The van der Waals surface area contributed by atoms with Crippen molar-refractivity contribution in [2.24, 2.45) is 0 Å². The third-order valence-electron chi connectivity index (χ3n) is 4.70. The molecule has 0 spiro atoms. The Morgan fingerprint density at radius 2 is 1.96 bits per heavy atom. The topological polar surface area (TPSA) is 83.4 Å². The largest absolute Gasteiger partial charge is 0.480 e. The molecule has 1 aliphatic rings. The number of hydrogen-bond acceptors (Lipinski definition) is 4. The van der Waals surface area contributed by atoms with Gasteiger partial charge in [0.05, 0.1) is 5.69 Å². The number of aromatic nitrogens is 2. The van der Waals surface area contributed by atoms with Gasteiger partial charge in [-0.3, -0.25) is 9.59 Å². The van der Waals surface area contributed by atoms with E-state index in [4.69, 9.17) is 0 Å². The molecule has 2 atom stereocenters. The molecule has 3 rings (SSSR count). The van der Waals surface area contributed by atoms with Crippen LogP contribution in [-0.4, -0.2) is 44.4 Å². The molecule has 1 aromatic heterocycles. The van der Waals surface area contributed by atoms with E-state index < -0.39 is 11.9 Å². The molecule has 1 saturated heterocycles. The van der Waals surface area contributed by atoms with Gasteiger partial charge in [-0.05, 0) is 37.8 Å². The van der Waals surface area contributed by atoms with E-state index in [9.17, 15) is 14.7 Å². The third kappa shape index (κ3) is 3.68. The predicted molar refractivity (Wildman–Crippen MR) is 92.9 cm³/mol. The van der Waals surface area contributed by atoms with Gasteiger partial charge in [-0.1, -0.05) is 24.3 Å². The molecule has 1 aliphatic heterocycles. The summed E-state index contributed by atoms with van der Waals surface area (Å²) in [5, 5.41) is 9.63. The second-order valence-electron chi connectivity index (χ2n) is 6.36. The Labute approximate surface area is 146 Å². The van der Waals surface area contributed by atoms with Crippen LogP contribution < -0.4 is 0 Å². The molecule has 0 aliphatic carbocycles. The number of hydrogen-bond donors (Lipinski definition) is 1. The molecule has 6 heteroatoms. The molecular formula is C19H21N3O3. The van der Waals surface area contributed by atoms with Gasteiger partial charge >= 0.3 is 5.97 Å². The summed E-state index contributed by atoms with van der Waals surface area (Å²) in [6.07, 6.45) is 6.04. The fourth-order valence-electron chi connectivity index (χ4n) is 3.29. The van der Waals surface area contributed by atoms with Gasteiger partial charge in [-0.2, -0.15) is 0 Å². The van der Waals surface area contributed by atoms with E-state index in [-0.39, 0.29) is 11.9 Å². The normalized spacial score (nSPS) is 18.6. The number of piperidine rings is 1. The molecule has 0 radical (unpaired) electrons. The van der Waals surface area contributed by atoms with Crippen molar-refractivity contribution in [1.82, 2.24) is 14.9 Å². The van der Waals surface area contributed by atoms with Crippen molar-refractivity contribution in [3.63, 3.8) is 0 Å². The van der Waals surface area contributed by atoms with E-state index >= 15 is 0 Å². The number of likely N-dealkylation sites (tertiary alicyclic amines) is 1. The lowest BCUT2D eigenvalue weighted by Gasteiger charge is -2.35. The molecule has 0 bridgehead atoms. The van der Waals surface area contributed by atoms with Crippen molar-refractivity contribution in [3.8, 4) is 11.3 Å². The highest BCUT2D eigenvalue weighted by atomic mass is 16.4. The SMILES string of the molecule is CC1CCCCN1C(=O)C(C(=O)O)c1ccc(-c2ccncn2)cc1. The Bertz CT molecular complexity index is 746. The molecular weight excluding hydrogens is 318 g/mol. The van der Waals surface area contributed by atoms with Crippen molar-refractivity contribution in [3.05, 3.63) is 48.4 Å². The van der Waals surface area contributed by atoms with Gasteiger partial charge < -0.3 is 10.0 Å². The first-order valence-corrected chi connectivity index (χ1v) is 8.47. The van der Waals surface area contributed by atoms with E-state index in [0.717, 1.165) is 30.5 Å². The summed E-state index contributed by atoms with van der Waals surface area (Å²) < 4.78 is 0. The van der Waals surface area contributed by atoms with Crippen LogP contribution in [0.1, 0.15) is 37.7 Å². The van der Waals surface area contributed by atoms with E-state index in [1.807, 2.05) is 6.92 Å². The van der Waals surface area contributed by atoms with Crippen molar-refractivity contribution in [1.29, 1.82) is 0 Å². The minimum Gasteiger partial charge on any atom is -0.480 e. The maximum absolute atomic E-state index is 12.8. The molecule has 130 valence electrons. The second-order valence-corrected chi connectivity index (χ2v) is 6.36. The maximum Gasteiger partial charge on any atom is 0.320 e. The first-order valence-electron chi connectivity index (χ1n) is 8.47. The van der Waals surface area contributed by atoms with E-state index in [1.54, 1.807) is 41.4 Å². The van der Waals surface area contributed by atoms with Gasteiger partial charge in [0, 0.05) is 24.3 Å². The highest BCUT2D eigenvalue weighted by Gasteiger charge is 2.35. The number of carboxylic acid groups (broad SMARTS) is 1. The zero-order valence-electron chi connectivity index (χ0n) is 14.1. The number of nitrogens with zero attached hydrogens (tertiary/aromatic N) is 3. The van der Waals surface area contributed by atoms with Crippen LogP contribution in [0.2, 0.25) is 0 Å². The molecule has 1 N–H and O–H groups in total. The number of carboxylic acids is 1. The average Bonchev–Trinajstić information content (AvgIpc) is 2.63. The highest BCUT2D eigenvalue weighted by Crippen LogP contribution is 2.26. The lowest BCUT2D eigenvalue weighted by atomic mass is 9.93. The van der Waals surface area contributed by atoms with Crippen LogP contribution in [0.25, 0.3) is 11.3 Å². The molecule has 1 fully saturated rings. The Kier molecular flexibility index (Phi) is 5.07. The second kappa shape index (κ2) is 7.42. The molecule has 25 heavy (non-hydrogen) atoms. The van der Waals surface area contributed by atoms with Crippen LogP contribution in [-0.2, 0) is 9.59 Å². The summed E-state index contributed by atoms with van der Waals surface area (Å²) in [6, 6.07) is 8.85. The van der Waals surface area contributed by atoms with Gasteiger partial charge in [0.1, 0.15) is 6.33 Å². The minimum absolute atomic E-state index is 0.0865. The molecule has 2 unspecified atom stereocenters. The van der Waals surface area contributed by atoms with Crippen LogP contribution >= 0.6 is 0 Å². The van der Waals surface area contributed by atoms with Crippen molar-refractivity contribution >= 4 is 11.9 Å². The standard InChI is InChI=1S/C19H21N3O3/c1-13-4-2-3-11-22(13)18(23)17(19(24)25)15-7-5-14(6-8-15)16-9-10-20-12-21-16/h5-10,12-13,17H,2-4,11H2,1H3,(H,24,25). The number of carbonyl (C=O) groups excluding carboxylic acids is 1. The Morgan fingerprint density at radius 1 is 1.20 bits per heavy atom.